The van der Waals surface area contributed by atoms with Crippen molar-refractivity contribution in [3.63, 3.8) is 0 Å². The highest BCUT2D eigenvalue weighted by molar-refractivity contribution is 5.93. The molecule has 3 rings (SSSR count). The van der Waals surface area contributed by atoms with Crippen molar-refractivity contribution < 1.29 is 0 Å². The molecule has 1 aromatic carbocycles. The average molecular weight is 296 g/mol. The maximum absolute atomic E-state index is 4.80. The van der Waals surface area contributed by atoms with Gasteiger partial charge < -0.3 is 9.88 Å². The summed E-state index contributed by atoms with van der Waals surface area (Å²) in [6.07, 6.45) is 4.55. The lowest BCUT2D eigenvalue weighted by Gasteiger charge is -2.30. The average Bonchev–Trinajstić information content (AvgIpc) is 2.89. The lowest BCUT2D eigenvalue weighted by Crippen LogP contribution is -2.44. The highest BCUT2D eigenvalue weighted by Gasteiger charge is 2.21. The van der Waals surface area contributed by atoms with Crippen LogP contribution in [0.4, 0.5) is 0 Å². The van der Waals surface area contributed by atoms with Gasteiger partial charge in [0.15, 0.2) is 0 Å². The second-order valence-corrected chi connectivity index (χ2v) is 5.83. The zero-order valence-electron chi connectivity index (χ0n) is 13.8. The number of hydrogen-bond donors (Lipinski definition) is 2. The molecule has 4 nitrogen and oxygen atoms in total. The SMILES string of the molecule is CCCc1c(C2=CC(NC)N(C)C(C)=N2)[nH]c2ccccc12. The van der Waals surface area contributed by atoms with E-state index in [0.29, 0.717) is 0 Å². The molecule has 2 aromatic rings. The number of fused-ring (bicyclic) bond motifs is 1. The highest BCUT2D eigenvalue weighted by Crippen LogP contribution is 2.31. The summed E-state index contributed by atoms with van der Waals surface area (Å²) in [5.41, 5.74) is 4.76. The van der Waals surface area contributed by atoms with Crippen LogP contribution in [0.15, 0.2) is 35.3 Å². The van der Waals surface area contributed by atoms with E-state index in [1.54, 1.807) is 0 Å². The Labute approximate surface area is 131 Å². The first-order chi connectivity index (χ1) is 10.7. The molecule has 22 heavy (non-hydrogen) atoms. The van der Waals surface area contributed by atoms with E-state index < -0.39 is 0 Å². The number of amidine groups is 1. The number of nitrogens with zero attached hydrogens (tertiary/aromatic N) is 2. The van der Waals surface area contributed by atoms with Gasteiger partial charge in [-0.3, -0.25) is 5.32 Å². The molecule has 1 aromatic heterocycles. The Hall–Kier alpha value is -2.07. The van der Waals surface area contributed by atoms with Crippen LogP contribution in [0.2, 0.25) is 0 Å². The number of hydrogen-bond acceptors (Lipinski definition) is 3. The number of benzene rings is 1. The Morgan fingerprint density at radius 3 is 2.82 bits per heavy atom. The first-order valence-corrected chi connectivity index (χ1v) is 7.92. The van der Waals surface area contributed by atoms with Crippen LogP contribution in [-0.2, 0) is 6.42 Å². The fourth-order valence-corrected chi connectivity index (χ4v) is 3.10. The van der Waals surface area contributed by atoms with Crippen molar-refractivity contribution in [2.75, 3.05) is 14.1 Å². The van der Waals surface area contributed by atoms with Crippen LogP contribution in [-0.4, -0.2) is 36.0 Å². The molecular weight excluding hydrogens is 272 g/mol. The standard InChI is InChI=1S/C18H24N4/c1-5-8-14-13-9-6-7-10-15(13)21-18(14)16-11-17(19-3)22(4)12(2)20-16/h6-7,9-11,17,19,21H,5,8H2,1-4H3. The van der Waals surface area contributed by atoms with Gasteiger partial charge in [-0.25, -0.2) is 4.99 Å². The van der Waals surface area contributed by atoms with E-state index in [1.807, 2.05) is 7.05 Å². The quantitative estimate of drug-likeness (QED) is 0.908. The fourth-order valence-electron chi connectivity index (χ4n) is 3.10. The maximum atomic E-state index is 4.80. The molecule has 1 aliphatic rings. The summed E-state index contributed by atoms with van der Waals surface area (Å²) in [6, 6.07) is 8.51. The predicted molar refractivity (Wildman–Crippen MR) is 94.0 cm³/mol. The Morgan fingerprint density at radius 1 is 1.32 bits per heavy atom. The van der Waals surface area contributed by atoms with Crippen LogP contribution in [0.5, 0.6) is 0 Å². The van der Waals surface area contributed by atoms with E-state index >= 15 is 0 Å². The molecule has 1 aliphatic heterocycles. The van der Waals surface area contributed by atoms with Gasteiger partial charge in [-0.15, -0.1) is 0 Å². The molecule has 2 N–H and O–H groups in total. The molecule has 0 radical (unpaired) electrons. The number of aliphatic imine (C=N–C) groups is 1. The first-order valence-electron chi connectivity index (χ1n) is 7.92. The van der Waals surface area contributed by atoms with Crippen LogP contribution in [0.1, 0.15) is 31.5 Å². The van der Waals surface area contributed by atoms with Gasteiger partial charge >= 0.3 is 0 Å². The van der Waals surface area contributed by atoms with Gasteiger partial charge in [0.25, 0.3) is 0 Å². The number of likely N-dealkylation sites (N-methyl/N-ethyl adjacent to an activating group) is 2. The summed E-state index contributed by atoms with van der Waals surface area (Å²) in [7, 11) is 4.04. The number of H-pyrrole nitrogens is 1. The predicted octanol–water partition coefficient (Wildman–Crippen LogP) is 3.37. The second kappa shape index (κ2) is 5.97. The molecule has 0 bridgehead atoms. The van der Waals surface area contributed by atoms with Crippen molar-refractivity contribution in [2.24, 2.45) is 4.99 Å². The molecule has 116 valence electrons. The summed E-state index contributed by atoms with van der Waals surface area (Å²) in [4.78, 5) is 10.5. The minimum absolute atomic E-state index is 0.174. The Kier molecular flexibility index (Phi) is 4.03. The number of nitrogens with one attached hydrogen (secondary N) is 2. The summed E-state index contributed by atoms with van der Waals surface area (Å²) < 4.78 is 0. The molecule has 1 atom stereocenters. The largest absolute Gasteiger partial charge is 0.353 e. The van der Waals surface area contributed by atoms with Crippen molar-refractivity contribution in [1.29, 1.82) is 0 Å². The minimum atomic E-state index is 0.174. The highest BCUT2D eigenvalue weighted by atomic mass is 15.3. The van der Waals surface area contributed by atoms with Crippen LogP contribution < -0.4 is 5.32 Å². The summed E-state index contributed by atoms with van der Waals surface area (Å²) in [5.74, 6) is 1.03. The van der Waals surface area contributed by atoms with Gasteiger partial charge in [0.2, 0.25) is 0 Å². The topological polar surface area (TPSA) is 43.4 Å². The van der Waals surface area contributed by atoms with Gasteiger partial charge in [0.1, 0.15) is 12.0 Å². The van der Waals surface area contributed by atoms with Crippen molar-refractivity contribution in [1.82, 2.24) is 15.2 Å². The Bertz CT molecular complexity index is 739. The van der Waals surface area contributed by atoms with E-state index in [4.69, 9.17) is 4.99 Å². The van der Waals surface area contributed by atoms with Crippen molar-refractivity contribution in [3.05, 3.63) is 41.6 Å². The normalized spacial score (nSPS) is 18.5. The first kappa shape index (κ1) is 14.9. The zero-order chi connectivity index (χ0) is 15.7. The molecule has 0 saturated carbocycles. The summed E-state index contributed by atoms with van der Waals surface area (Å²) in [6.45, 7) is 4.28. The molecule has 1 unspecified atom stereocenters. The monoisotopic (exact) mass is 296 g/mol. The Balaban J connectivity index is 2.15. The number of para-hydroxylation sites is 1. The summed E-state index contributed by atoms with van der Waals surface area (Å²) >= 11 is 0. The molecule has 0 aliphatic carbocycles. The van der Waals surface area contributed by atoms with Crippen LogP contribution in [0.3, 0.4) is 0 Å². The number of aromatic nitrogens is 1. The third-order valence-corrected chi connectivity index (χ3v) is 4.39. The van der Waals surface area contributed by atoms with E-state index in [2.05, 4.69) is 66.4 Å². The second-order valence-electron chi connectivity index (χ2n) is 5.83. The number of aromatic amines is 1. The lowest BCUT2D eigenvalue weighted by molar-refractivity contribution is 0.377. The van der Waals surface area contributed by atoms with Gasteiger partial charge in [-0.05, 0) is 38.1 Å². The molecule has 0 spiro atoms. The van der Waals surface area contributed by atoms with Gasteiger partial charge in [-0.1, -0.05) is 31.5 Å². The fraction of sp³-hybridized carbons (Fsp3) is 0.389. The van der Waals surface area contributed by atoms with Crippen LogP contribution >= 0.6 is 0 Å². The van der Waals surface area contributed by atoms with E-state index in [1.165, 1.54) is 16.5 Å². The Morgan fingerprint density at radius 2 is 2.09 bits per heavy atom. The summed E-state index contributed by atoms with van der Waals surface area (Å²) in [5, 5.41) is 4.64. The van der Waals surface area contributed by atoms with Crippen LogP contribution in [0.25, 0.3) is 16.6 Å². The van der Waals surface area contributed by atoms with Crippen molar-refractivity contribution in [2.45, 2.75) is 32.9 Å². The maximum Gasteiger partial charge on any atom is 0.103 e. The minimum Gasteiger partial charge on any atom is -0.353 e. The lowest BCUT2D eigenvalue weighted by atomic mass is 10.0. The van der Waals surface area contributed by atoms with Gasteiger partial charge in [0, 0.05) is 18.0 Å². The molecule has 2 heterocycles. The van der Waals surface area contributed by atoms with Gasteiger partial charge in [0.05, 0.1) is 11.4 Å². The molecule has 4 heteroatoms. The van der Waals surface area contributed by atoms with Gasteiger partial charge in [-0.2, -0.15) is 0 Å². The van der Waals surface area contributed by atoms with Crippen molar-refractivity contribution >= 4 is 22.4 Å². The van der Waals surface area contributed by atoms with Crippen molar-refractivity contribution in [3.8, 4) is 0 Å². The third-order valence-electron chi connectivity index (χ3n) is 4.39. The number of aryl methyl sites for hydroxylation is 1. The van der Waals surface area contributed by atoms with E-state index in [-0.39, 0.29) is 6.17 Å². The van der Waals surface area contributed by atoms with E-state index in [9.17, 15) is 0 Å². The zero-order valence-corrected chi connectivity index (χ0v) is 13.8. The number of rotatable bonds is 4. The molecule has 0 amide bonds. The smallest absolute Gasteiger partial charge is 0.103 e. The van der Waals surface area contributed by atoms with E-state index in [0.717, 1.165) is 30.1 Å². The third kappa shape index (κ3) is 2.44. The van der Waals surface area contributed by atoms with Crippen LogP contribution in [0, 0.1) is 0 Å². The molecule has 0 fully saturated rings. The molecule has 0 saturated heterocycles. The molecular formula is C18H24N4.